The zero-order valence-corrected chi connectivity index (χ0v) is 12.4. The molecule has 1 N–H and O–H groups in total. The van der Waals surface area contributed by atoms with Crippen molar-refractivity contribution in [2.45, 2.75) is 0 Å². The van der Waals surface area contributed by atoms with E-state index >= 15 is 0 Å². The average molecular weight is 308 g/mol. The molecular weight excluding hydrogens is 292 g/mol. The van der Waals surface area contributed by atoms with Crippen molar-refractivity contribution in [2.75, 3.05) is 33.5 Å². The van der Waals surface area contributed by atoms with Gasteiger partial charge in [-0.15, -0.1) is 11.3 Å². The lowest BCUT2D eigenvalue weighted by Gasteiger charge is -2.39. The molecule has 112 valence electrons. The van der Waals surface area contributed by atoms with Gasteiger partial charge in [-0.3, -0.25) is 0 Å². The Morgan fingerprint density at radius 2 is 2.29 bits per heavy atom. The quantitative estimate of drug-likeness (QED) is 0.857. The number of methoxy groups -OCH3 is 1. The summed E-state index contributed by atoms with van der Waals surface area (Å²) in [5, 5.41) is 10.3. The van der Waals surface area contributed by atoms with E-state index in [0.717, 1.165) is 10.1 Å². The molecule has 1 aliphatic heterocycles. The Kier molecular flexibility index (Phi) is 3.84. The fourth-order valence-electron chi connectivity index (χ4n) is 2.20. The molecule has 21 heavy (non-hydrogen) atoms. The predicted molar refractivity (Wildman–Crippen MR) is 79.0 cm³/mol. The molecular formula is C15H16O5S. The van der Waals surface area contributed by atoms with Crippen LogP contribution in [0.4, 0.5) is 0 Å². The molecule has 0 radical (unpaired) electrons. The molecule has 3 rings (SSSR count). The summed E-state index contributed by atoms with van der Waals surface area (Å²) in [5.74, 6) is 0.361. The first-order valence-electron chi connectivity index (χ1n) is 6.60. The summed E-state index contributed by atoms with van der Waals surface area (Å²) >= 11 is 1.37. The van der Waals surface area contributed by atoms with Crippen LogP contribution in [0.3, 0.4) is 0 Å². The van der Waals surface area contributed by atoms with Gasteiger partial charge in [-0.05, 0) is 18.2 Å². The summed E-state index contributed by atoms with van der Waals surface area (Å²) in [6.07, 6.45) is 0. The largest absolute Gasteiger partial charge is 0.492 e. The molecule has 5 nitrogen and oxygen atoms in total. The molecule has 0 saturated carbocycles. The first-order chi connectivity index (χ1) is 10.2. The molecule has 1 aromatic carbocycles. The summed E-state index contributed by atoms with van der Waals surface area (Å²) in [5.41, 5.74) is -0.302. The lowest BCUT2D eigenvalue weighted by molar-refractivity contribution is -0.153. The molecule has 0 aliphatic carbocycles. The lowest BCUT2D eigenvalue weighted by atomic mass is 9.88. The monoisotopic (exact) mass is 308 g/mol. The van der Waals surface area contributed by atoms with Gasteiger partial charge in [-0.1, -0.05) is 6.07 Å². The Bertz CT molecular complexity index is 654. The number of aliphatic hydroxyl groups is 1. The maximum Gasteiger partial charge on any atom is 0.348 e. The van der Waals surface area contributed by atoms with Crippen LogP contribution in [-0.2, 0) is 9.47 Å². The number of ether oxygens (including phenoxy) is 3. The third-order valence-corrected chi connectivity index (χ3v) is 4.67. The highest BCUT2D eigenvalue weighted by Crippen LogP contribution is 2.35. The molecule has 6 heteroatoms. The van der Waals surface area contributed by atoms with Crippen molar-refractivity contribution >= 4 is 27.4 Å². The van der Waals surface area contributed by atoms with Gasteiger partial charge in [0.2, 0.25) is 0 Å². The highest BCUT2D eigenvalue weighted by atomic mass is 32.1. The zero-order chi connectivity index (χ0) is 14.9. The molecule has 0 unspecified atom stereocenters. The Balaban J connectivity index is 1.84. The maximum absolute atomic E-state index is 11.6. The van der Waals surface area contributed by atoms with Crippen molar-refractivity contribution < 1.29 is 24.1 Å². The van der Waals surface area contributed by atoms with Crippen molar-refractivity contribution in [3.63, 3.8) is 0 Å². The van der Waals surface area contributed by atoms with Crippen LogP contribution in [0.1, 0.15) is 9.67 Å². The van der Waals surface area contributed by atoms with Crippen LogP contribution >= 0.6 is 11.3 Å². The highest BCUT2D eigenvalue weighted by molar-refractivity contribution is 7.20. The first kappa shape index (κ1) is 14.3. The van der Waals surface area contributed by atoms with Gasteiger partial charge in [0.05, 0.1) is 32.3 Å². The van der Waals surface area contributed by atoms with Gasteiger partial charge in [-0.2, -0.15) is 0 Å². The first-order valence-corrected chi connectivity index (χ1v) is 7.41. The Morgan fingerprint density at radius 3 is 2.90 bits per heavy atom. The van der Waals surface area contributed by atoms with E-state index in [2.05, 4.69) is 0 Å². The fraction of sp³-hybridized carbons (Fsp3) is 0.400. The number of benzene rings is 1. The van der Waals surface area contributed by atoms with Gasteiger partial charge in [-0.25, -0.2) is 4.79 Å². The molecule has 0 amide bonds. The van der Waals surface area contributed by atoms with E-state index in [-0.39, 0.29) is 18.0 Å². The standard InChI is InChI=1S/C15H16O5S/c1-18-14(17)13-5-10-11(3-2-4-12(10)21-13)20-9-15(6-16)7-19-8-15/h2-5,16H,6-9H2,1H3. The van der Waals surface area contributed by atoms with Gasteiger partial charge < -0.3 is 19.3 Å². The summed E-state index contributed by atoms with van der Waals surface area (Å²) in [4.78, 5) is 12.2. The fourth-order valence-corrected chi connectivity index (χ4v) is 3.20. The van der Waals surface area contributed by atoms with Crippen LogP contribution in [0.15, 0.2) is 24.3 Å². The van der Waals surface area contributed by atoms with Crippen LogP contribution in [0, 0.1) is 5.41 Å². The Hall–Kier alpha value is -1.63. The number of carbonyl (C=O) groups is 1. The maximum atomic E-state index is 11.6. The number of thiophene rings is 1. The number of rotatable bonds is 5. The van der Waals surface area contributed by atoms with Gasteiger partial charge >= 0.3 is 5.97 Å². The zero-order valence-electron chi connectivity index (χ0n) is 11.6. The number of aliphatic hydroxyl groups excluding tert-OH is 1. The summed E-state index contributed by atoms with van der Waals surface area (Å²) in [6.45, 7) is 1.46. The number of hydrogen-bond donors (Lipinski definition) is 1. The second-order valence-electron chi connectivity index (χ2n) is 5.21. The Labute approximate surface area is 126 Å². The summed E-state index contributed by atoms with van der Waals surface area (Å²) in [6, 6.07) is 7.47. The number of carbonyl (C=O) groups excluding carboxylic acids is 1. The van der Waals surface area contributed by atoms with Crippen molar-refractivity contribution in [1.82, 2.24) is 0 Å². The van der Waals surface area contributed by atoms with Crippen LogP contribution in [0.5, 0.6) is 5.75 Å². The SMILES string of the molecule is COC(=O)c1cc2c(OCC3(CO)COC3)cccc2s1. The minimum atomic E-state index is -0.346. The molecule has 0 bridgehead atoms. The van der Waals surface area contributed by atoms with E-state index in [0.29, 0.717) is 30.4 Å². The molecule has 1 saturated heterocycles. The predicted octanol–water partition coefficient (Wildman–Crippen LogP) is 2.08. The molecule has 0 atom stereocenters. The topological polar surface area (TPSA) is 65.0 Å². The van der Waals surface area contributed by atoms with E-state index in [1.807, 2.05) is 18.2 Å². The third-order valence-electron chi connectivity index (χ3n) is 3.59. The smallest absolute Gasteiger partial charge is 0.348 e. The summed E-state index contributed by atoms with van der Waals surface area (Å²) in [7, 11) is 1.37. The van der Waals surface area contributed by atoms with Crippen LogP contribution < -0.4 is 4.74 Å². The Morgan fingerprint density at radius 1 is 1.48 bits per heavy atom. The second kappa shape index (κ2) is 5.63. The average Bonchev–Trinajstić information content (AvgIpc) is 2.90. The number of esters is 1. The normalized spacial score (nSPS) is 16.5. The molecule has 2 heterocycles. The molecule has 1 fully saturated rings. The number of hydrogen-bond acceptors (Lipinski definition) is 6. The highest BCUT2D eigenvalue weighted by Gasteiger charge is 2.39. The van der Waals surface area contributed by atoms with Gasteiger partial charge in [0.1, 0.15) is 17.2 Å². The van der Waals surface area contributed by atoms with Crippen LogP contribution in [-0.4, -0.2) is 44.6 Å². The van der Waals surface area contributed by atoms with E-state index in [1.54, 1.807) is 6.07 Å². The van der Waals surface area contributed by atoms with Gasteiger partial charge in [0.15, 0.2) is 0 Å². The molecule has 1 aromatic heterocycles. The van der Waals surface area contributed by atoms with Gasteiger partial charge in [0, 0.05) is 10.1 Å². The van der Waals surface area contributed by atoms with Crippen molar-refractivity contribution in [2.24, 2.45) is 5.41 Å². The van der Waals surface area contributed by atoms with E-state index in [9.17, 15) is 9.90 Å². The van der Waals surface area contributed by atoms with E-state index in [4.69, 9.17) is 14.2 Å². The van der Waals surface area contributed by atoms with Crippen molar-refractivity contribution in [1.29, 1.82) is 0 Å². The molecule has 2 aromatic rings. The number of fused-ring (bicyclic) bond motifs is 1. The summed E-state index contributed by atoms with van der Waals surface area (Å²) < 4.78 is 16.7. The minimum Gasteiger partial charge on any atom is -0.492 e. The van der Waals surface area contributed by atoms with Crippen molar-refractivity contribution in [3.8, 4) is 5.75 Å². The van der Waals surface area contributed by atoms with Crippen molar-refractivity contribution in [3.05, 3.63) is 29.1 Å². The van der Waals surface area contributed by atoms with Gasteiger partial charge in [0.25, 0.3) is 0 Å². The molecule has 1 aliphatic rings. The third kappa shape index (κ3) is 2.62. The second-order valence-corrected chi connectivity index (χ2v) is 6.29. The molecule has 0 spiro atoms. The minimum absolute atomic E-state index is 0.0417. The van der Waals surface area contributed by atoms with Crippen LogP contribution in [0.2, 0.25) is 0 Å². The van der Waals surface area contributed by atoms with Crippen LogP contribution in [0.25, 0.3) is 10.1 Å². The van der Waals surface area contributed by atoms with E-state index < -0.39 is 0 Å². The lowest BCUT2D eigenvalue weighted by Crippen LogP contribution is -2.49. The van der Waals surface area contributed by atoms with E-state index in [1.165, 1.54) is 18.4 Å².